The SMILES string of the molecule is Cc1cc(OC2CC(C)CCC2N)ccc1Cl. The summed E-state index contributed by atoms with van der Waals surface area (Å²) in [6.45, 7) is 4.24. The Bertz CT molecular complexity index is 394. The minimum atomic E-state index is 0.138. The van der Waals surface area contributed by atoms with Crippen molar-refractivity contribution in [3.05, 3.63) is 28.8 Å². The minimum absolute atomic E-state index is 0.138. The van der Waals surface area contributed by atoms with Crippen molar-refractivity contribution in [3.63, 3.8) is 0 Å². The summed E-state index contributed by atoms with van der Waals surface area (Å²) in [6.07, 6.45) is 3.45. The molecular formula is C14H20ClNO. The first kappa shape index (κ1) is 12.7. The van der Waals surface area contributed by atoms with E-state index in [1.165, 1.54) is 6.42 Å². The van der Waals surface area contributed by atoms with Gasteiger partial charge in [0.2, 0.25) is 0 Å². The van der Waals surface area contributed by atoms with Gasteiger partial charge >= 0.3 is 0 Å². The molecule has 0 aromatic heterocycles. The first-order chi connectivity index (χ1) is 8.06. The van der Waals surface area contributed by atoms with Crippen molar-refractivity contribution in [1.82, 2.24) is 0 Å². The molecule has 0 spiro atoms. The second-order valence-electron chi connectivity index (χ2n) is 5.15. The lowest BCUT2D eigenvalue weighted by Crippen LogP contribution is -2.43. The Labute approximate surface area is 108 Å². The van der Waals surface area contributed by atoms with E-state index in [1.807, 2.05) is 25.1 Å². The van der Waals surface area contributed by atoms with Crippen LogP contribution in [0.3, 0.4) is 0 Å². The van der Waals surface area contributed by atoms with Crippen LogP contribution in [-0.2, 0) is 0 Å². The van der Waals surface area contributed by atoms with E-state index in [2.05, 4.69) is 6.92 Å². The van der Waals surface area contributed by atoms with Gasteiger partial charge in [0.1, 0.15) is 11.9 Å². The highest BCUT2D eigenvalue weighted by Gasteiger charge is 2.27. The summed E-state index contributed by atoms with van der Waals surface area (Å²) < 4.78 is 5.99. The Morgan fingerprint density at radius 3 is 2.82 bits per heavy atom. The van der Waals surface area contributed by atoms with E-state index >= 15 is 0 Å². The number of rotatable bonds is 2. The Morgan fingerprint density at radius 1 is 1.35 bits per heavy atom. The summed E-state index contributed by atoms with van der Waals surface area (Å²) in [4.78, 5) is 0. The van der Waals surface area contributed by atoms with Crippen molar-refractivity contribution < 1.29 is 4.74 Å². The van der Waals surface area contributed by atoms with Gasteiger partial charge in [-0.25, -0.2) is 0 Å². The van der Waals surface area contributed by atoms with Crippen LogP contribution in [0, 0.1) is 12.8 Å². The molecule has 3 unspecified atom stereocenters. The maximum Gasteiger partial charge on any atom is 0.120 e. The second-order valence-corrected chi connectivity index (χ2v) is 5.56. The standard InChI is InChI=1S/C14H20ClNO/c1-9-3-6-13(16)14(7-9)17-11-4-5-12(15)10(2)8-11/h4-5,8-9,13-14H,3,6-7,16H2,1-2H3. The molecule has 1 saturated carbocycles. The number of hydrogen-bond donors (Lipinski definition) is 1. The van der Waals surface area contributed by atoms with Gasteiger partial charge in [-0.2, -0.15) is 0 Å². The predicted octanol–water partition coefficient (Wildman–Crippen LogP) is 3.54. The number of benzene rings is 1. The smallest absolute Gasteiger partial charge is 0.120 e. The number of halogens is 1. The third kappa shape index (κ3) is 3.14. The number of hydrogen-bond acceptors (Lipinski definition) is 2. The molecule has 0 bridgehead atoms. The van der Waals surface area contributed by atoms with E-state index in [4.69, 9.17) is 22.1 Å². The maximum atomic E-state index is 6.11. The summed E-state index contributed by atoms with van der Waals surface area (Å²) >= 11 is 5.99. The summed E-state index contributed by atoms with van der Waals surface area (Å²) in [5.41, 5.74) is 7.15. The lowest BCUT2D eigenvalue weighted by atomic mass is 9.85. The average molecular weight is 254 g/mol. The van der Waals surface area contributed by atoms with Gasteiger partial charge in [0.25, 0.3) is 0 Å². The molecule has 2 N–H and O–H groups in total. The van der Waals surface area contributed by atoms with Gasteiger partial charge < -0.3 is 10.5 Å². The van der Waals surface area contributed by atoms with Crippen LogP contribution in [0.15, 0.2) is 18.2 Å². The molecule has 1 aromatic carbocycles. The van der Waals surface area contributed by atoms with E-state index in [-0.39, 0.29) is 12.1 Å². The molecule has 0 amide bonds. The van der Waals surface area contributed by atoms with E-state index in [9.17, 15) is 0 Å². The highest BCUT2D eigenvalue weighted by atomic mass is 35.5. The minimum Gasteiger partial charge on any atom is -0.489 e. The Morgan fingerprint density at radius 2 is 2.12 bits per heavy atom. The van der Waals surface area contributed by atoms with Gasteiger partial charge in [0.15, 0.2) is 0 Å². The lowest BCUT2D eigenvalue weighted by molar-refractivity contribution is 0.108. The molecule has 17 heavy (non-hydrogen) atoms. The molecular weight excluding hydrogens is 234 g/mol. The molecule has 1 aliphatic rings. The quantitative estimate of drug-likeness (QED) is 0.875. The molecule has 3 atom stereocenters. The largest absolute Gasteiger partial charge is 0.489 e. The molecule has 3 heteroatoms. The van der Waals surface area contributed by atoms with Crippen molar-refractivity contribution in [2.45, 2.75) is 45.3 Å². The molecule has 0 heterocycles. The zero-order valence-electron chi connectivity index (χ0n) is 10.4. The molecule has 1 aliphatic carbocycles. The fraction of sp³-hybridized carbons (Fsp3) is 0.571. The molecule has 0 radical (unpaired) electrons. The monoisotopic (exact) mass is 253 g/mol. The first-order valence-electron chi connectivity index (χ1n) is 6.24. The zero-order valence-corrected chi connectivity index (χ0v) is 11.2. The number of aryl methyl sites for hydroxylation is 1. The third-order valence-corrected chi connectivity index (χ3v) is 3.95. The summed E-state index contributed by atoms with van der Waals surface area (Å²) in [7, 11) is 0. The van der Waals surface area contributed by atoms with E-state index < -0.39 is 0 Å². The van der Waals surface area contributed by atoms with Crippen molar-refractivity contribution in [2.75, 3.05) is 0 Å². The Balaban J connectivity index is 2.06. The van der Waals surface area contributed by atoms with Crippen molar-refractivity contribution in [2.24, 2.45) is 11.7 Å². The van der Waals surface area contributed by atoms with Gasteiger partial charge in [-0.05, 0) is 55.9 Å². The Kier molecular flexibility index (Phi) is 3.95. The molecule has 0 saturated heterocycles. The molecule has 94 valence electrons. The highest BCUT2D eigenvalue weighted by Crippen LogP contribution is 2.28. The normalized spacial score (nSPS) is 29.1. The van der Waals surface area contributed by atoms with E-state index in [1.54, 1.807) is 0 Å². The fourth-order valence-electron chi connectivity index (χ4n) is 2.35. The van der Waals surface area contributed by atoms with Crippen molar-refractivity contribution >= 4 is 11.6 Å². The zero-order chi connectivity index (χ0) is 12.4. The molecule has 0 aliphatic heterocycles. The number of nitrogens with two attached hydrogens (primary N) is 1. The molecule has 2 rings (SSSR count). The van der Waals surface area contributed by atoms with Crippen LogP contribution in [0.5, 0.6) is 5.75 Å². The summed E-state index contributed by atoms with van der Waals surface area (Å²) in [5.74, 6) is 1.58. The van der Waals surface area contributed by atoms with E-state index in [0.717, 1.165) is 29.2 Å². The van der Waals surface area contributed by atoms with E-state index in [0.29, 0.717) is 5.92 Å². The van der Waals surface area contributed by atoms with Gasteiger partial charge in [0, 0.05) is 11.1 Å². The molecule has 1 fully saturated rings. The lowest BCUT2D eigenvalue weighted by Gasteiger charge is -2.32. The fourth-order valence-corrected chi connectivity index (χ4v) is 2.47. The summed E-state index contributed by atoms with van der Waals surface area (Å²) in [5, 5.41) is 0.777. The van der Waals surface area contributed by atoms with Crippen LogP contribution < -0.4 is 10.5 Å². The van der Waals surface area contributed by atoms with Gasteiger partial charge in [-0.15, -0.1) is 0 Å². The first-order valence-corrected chi connectivity index (χ1v) is 6.62. The van der Waals surface area contributed by atoms with Crippen LogP contribution in [-0.4, -0.2) is 12.1 Å². The highest BCUT2D eigenvalue weighted by molar-refractivity contribution is 6.31. The van der Waals surface area contributed by atoms with Gasteiger partial charge in [0.05, 0.1) is 0 Å². The van der Waals surface area contributed by atoms with Crippen LogP contribution in [0.25, 0.3) is 0 Å². The Hall–Kier alpha value is -0.730. The molecule has 1 aromatic rings. The topological polar surface area (TPSA) is 35.2 Å². The van der Waals surface area contributed by atoms with Gasteiger partial charge in [-0.1, -0.05) is 18.5 Å². The van der Waals surface area contributed by atoms with Crippen LogP contribution in [0.2, 0.25) is 5.02 Å². The van der Waals surface area contributed by atoms with Gasteiger partial charge in [-0.3, -0.25) is 0 Å². The average Bonchev–Trinajstić information content (AvgIpc) is 2.29. The van der Waals surface area contributed by atoms with Crippen molar-refractivity contribution in [1.29, 1.82) is 0 Å². The summed E-state index contributed by atoms with van der Waals surface area (Å²) in [6, 6.07) is 5.93. The number of ether oxygens (including phenoxy) is 1. The van der Waals surface area contributed by atoms with Crippen LogP contribution in [0.1, 0.15) is 31.7 Å². The third-order valence-electron chi connectivity index (χ3n) is 3.52. The molecule has 2 nitrogen and oxygen atoms in total. The van der Waals surface area contributed by atoms with Crippen molar-refractivity contribution in [3.8, 4) is 5.75 Å². The predicted molar refractivity (Wildman–Crippen MR) is 71.6 cm³/mol. The van der Waals surface area contributed by atoms with Crippen LogP contribution >= 0.6 is 11.6 Å². The van der Waals surface area contributed by atoms with Crippen LogP contribution in [0.4, 0.5) is 0 Å². The maximum absolute atomic E-state index is 6.11. The second kappa shape index (κ2) is 5.28.